The summed E-state index contributed by atoms with van der Waals surface area (Å²) in [4.78, 5) is 11.2. The Bertz CT molecular complexity index is 489. The van der Waals surface area contributed by atoms with Crippen LogP contribution in [0.15, 0.2) is 18.2 Å². The molecular formula is C12H8ClNO. The number of carbonyl (C=O) groups is 1. The van der Waals surface area contributed by atoms with E-state index in [0.717, 1.165) is 0 Å². The van der Waals surface area contributed by atoms with E-state index in [2.05, 4.69) is 11.8 Å². The molecule has 0 radical (unpaired) electrons. The fraction of sp³-hybridized carbons (Fsp3) is 0.167. The molecule has 1 rings (SSSR count). The summed E-state index contributed by atoms with van der Waals surface area (Å²) in [6.45, 7) is 1.45. The van der Waals surface area contributed by atoms with Gasteiger partial charge in [0, 0.05) is 11.1 Å². The van der Waals surface area contributed by atoms with Gasteiger partial charge in [0.2, 0.25) is 0 Å². The molecule has 0 saturated carbocycles. The highest BCUT2D eigenvalue weighted by Crippen LogP contribution is 2.17. The first-order chi connectivity index (χ1) is 7.15. The minimum atomic E-state index is -0.0936. The van der Waals surface area contributed by atoms with E-state index in [-0.39, 0.29) is 12.2 Å². The van der Waals surface area contributed by atoms with Crippen LogP contribution in [0, 0.1) is 23.2 Å². The molecule has 1 aromatic carbocycles. The molecule has 0 atom stereocenters. The minimum absolute atomic E-state index is 0.0936. The summed E-state index contributed by atoms with van der Waals surface area (Å²) in [6, 6.07) is 6.91. The van der Waals surface area contributed by atoms with E-state index in [4.69, 9.17) is 16.9 Å². The van der Waals surface area contributed by atoms with E-state index in [1.807, 2.05) is 6.07 Å². The fourth-order valence-electron chi connectivity index (χ4n) is 1.06. The smallest absolute Gasteiger partial charge is 0.161 e. The van der Waals surface area contributed by atoms with Crippen LogP contribution in [0.25, 0.3) is 0 Å². The quantitative estimate of drug-likeness (QED) is 0.536. The second kappa shape index (κ2) is 5.20. The summed E-state index contributed by atoms with van der Waals surface area (Å²) in [5.74, 6) is 5.36. The zero-order chi connectivity index (χ0) is 11.3. The van der Waals surface area contributed by atoms with Gasteiger partial charge in [-0.25, -0.2) is 0 Å². The number of hydrogen-bond donors (Lipinski definition) is 0. The lowest BCUT2D eigenvalue weighted by atomic mass is 10.1. The van der Waals surface area contributed by atoms with Gasteiger partial charge in [0.15, 0.2) is 5.78 Å². The predicted octanol–water partition coefficient (Wildman–Crippen LogP) is 2.81. The maximum atomic E-state index is 11.2. The van der Waals surface area contributed by atoms with E-state index in [9.17, 15) is 4.79 Å². The molecule has 0 spiro atoms. The SMILES string of the molecule is CC(=O)c1cc(C#CCC#N)ccc1Cl. The summed E-state index contributed by atoms with van der Waals surface area (Å²) >= 11 is 5.83. The van der Waals surface area contributed by atoms with E-state index in [1.165, 1.54) is 6.92 Å². The summed E-state index contributed by atoms with van der Waals surface area (Å²) in [7, 11) is 0. The van der Waals surface area contributed by atoms with Crippen molar-refractivity contribution in [1.82, 2.24) is 0 Å². The van der Waals surface area contributed by atoms with Gasteiger partial charge in [-0.2, -0.15) is 5.26 Å². The van der Waals surface area contributed by atoms with Crippen molar-refractivity contribution in [3.05, 3.63) is 34.3 Å². The zero-order valence-corrected chi connectivity index (χ0v) is 8.93. The summed E-state index contributed by atoms with van der Waals surface area (Å²) in [5, 5.41) is 8.73. The van der Waals surface area contributed by atoms with Crippen LogP contribution in [0.3, 0.4) is 0 Å². The molecule has 0 N–H and O–H groups in total. The third kappa shape index (κ3) is 3.13. The molecule has 0 saturated heterocycles. The number of halogens is 1. The Hall–Kier alpha value is -1.77. The van der Waals surface area contributed by atoms with Crippen molar-refractivity contribution in [2.24, 2.45) is 0 Å². The van der Waals surface area contributed by atoms with Crippen molar-refractivity contribution < 1.29 is 4.79 Å². The standard InChI is InChI=1S/C12H8ClNO/c1-9(15)11-8-10(4-2-3-7-14)5-6-12(11)13/h5-6,8H,3H2,1H3. The van der Waals surface area contributed by atoms with Gasteiger partial charge in [0.25, 0.3) is 0 Å². The molecule has 15 heavy (non-hydrogen) atoms. The fourth-order valence-corrected chi connectivity index (χ4v) is 1.31. The van der Waals surface area contributed by atoms with Gasteiger partial charge in [-0.3, -0.25) is 4.79 Å². The van der Waals surface area contributed by atoms with E-state index in [1.54, 1.807) is 18.2 Å². The van der Waals surface area contributed by atoms with Gasteiger partial charge in [-0.05, 0) is 25.1 Å². The second-order valence-electron chi connectivity index (χ2n) is 2.89. The predicted molar refractivity (Wildman–Crippen MR) is 58.6 cm³/mol. The van der Waals surface area contributed by atoms with Gasteiger partial charge in [-0.1, -0.05) is 23.4 Å². The van der Waals surface area contributed by atoms with Gasteiger partial charge >= 0.3 is 0 Å². The Morgan fingerprint density at radius 2 is 2.27 bits per heavy atom. The van der Waals surface area contributed by atoms with Crippen LogP contribution >= 0.6 is 11.6 Å². The highest BCUT2D eigenvalue weighted by molar-refractivity contribution is 6.33. The Labute approximate surface area is 93.5 Å². The van der Waals surface area contributed by atoms with Crippen LogP contribution in [-0.4, -0.2) is 5.78 Å². The Morgan fingerprint density at radius 3 is 2.87 bits per heavy atom. The molecule has 0 bridgehead atoms. The number of hydrogen-bond acceptors (Lipinski definition) is 2. The molecule has 0 unspecified atom stereocenters. The van der Waals surface area contributed by atoms with Crippen molar-refractivity contribution in [2.75, 3.05) is 0 Å². The molecule has 0 aromatic heterocycles. The molecular weight excluding hydrogens is 210 g/mol. The minimum Gasteiger partial charge on any atom is -0.294 e. The number of carbonyl (C=O) groups excluding carboxylic acids is 1. The summed E-state index contributed by atoms with van der Waals surface area (Å²) in [6.07, 6.45) is 0.179. The molecule has 2 nitrogen and oxygen atoms in total. The maximum Gasteiger partial charge on any atom is 0.161 e. The number of nitriles is 1. The lowest BCUT2D eigenvalue weighted by Gasteiger charge is -1.99. The largest absolute Gasteiger partial charge is 0.294 e. The number of nitrogens with zero attached hydrogens (tertiary/aromatic N) is 1. The first-order valence-electron chi connectivity index (χ1n) is 4.31. The Kier molecular flexibility index (Phi) is 3.92. The monoisotopic (exact) mass is 217 g/mol. The van der Waals surface area contributed by atoms with Gasteiger partial charge in [0.1, 0.15) is 0 Å². The van der Waals surface area contributed by atoms with Gasteiger partial charge in [-0.15, -0.1) is 0 Å². The van der Waals surface area contributed by atoms with Crippen LogP contribution in [0.1, 0.15) is 29.3 Å². The molecule has 0 aliphatic carbocycles. The van der Waals surface area contributed by atoms with Crippen molar-refractivity contribution in [3.63, 3.8) is 0 Å². The maximum absolute atomic E-state index is 11.2. The van der Waals surface area contributed by atoms with Crippen LogP contribution < -0.4 is 0 Å². The number of benzene rings is 1. The third-order valence-corrected chi connectivity index (χ3v) is 2.08. The average molecular weight is 218 g/mol. The number of Topliss-reactive ketones (excluding diaryl/α,β-unsaturated/α-hetero) is 1. The molecule has 0 fully saturated rings. The Morgan fingerprint density at radius 1 is 1.53 bits per heavy atom. The molecule has 3 heteroatoms. The second-order valence-corrected chi connectivity index (χ2v) is 3.29. The zero-order valence-electron chi connectivity index (χ0n) is 8.17. The Balaban J connectivity index is 3.05. The van der Waals surface area contributed by atoms with E-state index < -0.39 is 0 Å². The van der Waals surface area contributed by atoms with Gasteiger partial charge < -0.3 is 0 Å². The van der Waals surface area contributed by atoms with Crippen LogP contribution in [0.2, 0.25) is 5.02 Å². The average Bonchev–Trinajstić information content (AvgIpc) is 2.20. The van der Waals surface area contributed by atoms with Crippen LogP contribution in [0.5, 0.6) is 0 Å². The van der Waals surface area contributed by atoms with Crippen molar-refractivity contribution >= 4 is 17.4 Å². The van der Waals surface area contributed by atoms with Gasteiger partial charge in [0.05, 0.1) is 17.5 Å². The highest BCUT2D eigenvalue weighted by atomic mass is 35.5. The highest BCUT2D eigenvalue weighted by Gasteiger charge is 2.05. The van der Waals surface area contributed by atoms with Crippen molar-refractivity contribution in [3.8, 4) is 17.9 Å². The van der Waals surface area contributed by atoms with Crippen molar-refractivity contribution in [1.29, 1.82) is 5.26 Å². The number of rotatable bonds is 1. The normalized spacial score (nSPS) is 8.60. The lowest BCUT2D eigenvalue weighted by Crippen LogP contribution is -1.93. The van der Waals surface area contributed by atoms with E-state index in [0.29, 0.717) is 16.1 Å². The molecule has 0 heterocycles. The molecule has 0 aliphatic heterocycles. The summed E-state index contributed by atoms with van der Waals surface area (Å²) in [5.41, 5.74) is 1.15. The number of ketones is 1. The lowest BCUT2D eigenvalue weighted by molar-refractivity contribution is 0.101. The third-order valence-electron chi connectivity index (χ3n) is 1.75. The van der Waals surface area contributed by atoms with Crippen LogP contribution in [-0.2, 0) is 0 Å². The molecule has 74 valence electrons. The first-order valence-corrected chi connectivity index (χ1v) is 4.69. The summed E-state index contributed by atoms with van der Waals surface area (Å²) < 4.78 is 0. The van der Waals surface area contributed by atoms with Crippen LogP contribution in [0.4, 0.5) is 0 Å². The van der Waals surface area contributed by atoms with E-state index >= 15 is 0 Å². The topological polar surface area (TPSA) is 40.9 Å². The van der Waals surface area contributed by atoms with Crippen molar-refractivity contribution in [2.45, 2.75) is 13.3 Å². The molecule has 1 aromatic rings. The molecule has 0 amide bonds. The first kappa shape index (κ1) is 11.3. The molecule has 0 aliphatic rings.